The summed E-state index contributed by atoms with van der Waals surface area (Å²) in [5, 5.41) is 7.59. The molecule has 0 saturated heterocycles. The maximum atomic E-state index is 11.8. The minimum Gasteiger partial charge on any atom is -0.480 e. The van der Waals surface area contributed by atoms with Crippen LogP contribution in [0.3, 0.4) is 0 Å². The van der Waals surface area contributed by atoms with Gasteiger partial charge in [0.1, 0.15) is 0 Å². The first kappa shape index (κ1) is 17.3. The molecule has 0 spiro atoms. The van der Waals surface area contributed by atoms with E-state index in [1.54, 1.807) is 21.0 Å². The van der Waals surface area contributed by atoms with Crippen molar-refractivity contribution in [2.75, 3.05) is 32.7 Å². The van der Waals surface area contributed by atoms with Crippen molar-refractivity contribution in [1.29, 1.82) is 0 Å². The highest BCUT2D eigenvalue weighted by Gasteiger charge is 2.34. The zero-order valence-electron chi connectivity index (χ0n) is 11.1. The zero-order chi connectivity index (χ0) is 14.2. The van der Waals surface area contributed by atoms with E-state index < -0.39 is 27.0 Å². The molecule has 6 nitrogen and oxygen atoms in total. The number of rotatable bonds is 10. The molecule has 0 amide bonds. The molecule has 0 aliphatic rings. The van der Waals surface area contributed by atoms with E-state index in [1.165, 1.54) is 0 Å². The van der Waals surface area contributed by atoms with Crippen molar-refractivity contribution in [2.24, 2.45) is 5.92 Å². The molecule has 0 aromatic rings. The van der Waals surface area contributed by atoms with Crippen LogP contribution in [-0.2, 0) is 24.1 Å². The average molecular weight is 282 g/mol. The van der Waals surface area contributed by atoms with Gasteiger partial charge in [-0.15, -0.1) is 0 Å². The Morgan fingerprint density at radius 2 is 1.83 bits per heavy atom. The van der Waals surface area contributed by atoms with Crippen LogP contribution in [0.2, 0.25) is 0 Å². The molecule has 0 heterocycles. The second-order valence-electron chi connectivity index (χ2n) is 4.33. The fourth-order valence-electron chi connectivity index (χ4n) is 1.59. The normalized spacial score (nSPS) is 13.8. The molecule has 0 aromatic heterocycles. The van der Waals surface area contributed by atoms with Crippen molar-refractivity contribution in [2.45, 2.75) is 25.5 Å². The fourth-order valence-corrected chi connectivity index (χ4v) is 3.50. The van der Waals surface area contributed by atoms with Crippen LogP contribution in [0.4, 0.5) is 0 Å². The highest BCUT2D eigenvalue weighted by atomic mass is 32.2. The molecule has 7 heteroatoms. The van der Waals surface area contributed by atoms with Gasteiger partial charge in [-0.2, -0.15) is 0 Å². The van der Waals surface area contributed by atoms with Gasteiger partial charge >= 0.3 is 5.97 Å². The van der Waals surface area contributed by atoms with E-state index in [0.717, 1.165) is 0 Å². The molecule has 108 valence electrons. The topological polar surface area (TPSA) is 89.9 Å². The van der Waals surface area contributed by atoms with E-state index in [4.69, 9.17) is 14.6 Å². The summed E-state index contributed by atoms with van der Waals surface area (Å²) in [5.74, 6) is -1.90. The first-order valence-corrected chi connectivity index (χ1v) is 7.55. The number of sulfone groups is 1. The lowest BCUT2D eigenvalue weighted by Gasteiger charge is -2.16. The lowest BCUT2D eigenvalue weighted by atomic mass is 10.1. The molecule has 1 N–H and O–H groups in total. The van der Waals surface area contributed by atoms with Gasteiger partial charge < -0.3 is 14.6 Å². The first-order chi connectivity index (χ1) is 8.33. The van der Waals surface area contributed by atoms with Gasteiger partial charge in [0.2, 0.25) is 0 Å². The largest absolute Gasteiger partial charge is 0.480 e. The number of hydrogen-bond donors (Lipinski definition) is 1. The van der Waals surface area contributed by atoms with Crippen LogP contribution in [0.25, 0.3) is 0 Å². The van der Waals surface area contributed by atoms with Crippen LogP contribution < -0.4 is 0 Å². The Bertz CT molecular complexity index is 335. The molecule has 0 bridgehead atoms. The average Bonchev–Trinajstić information content (AvgIpc) is 2.21. The molecule has 0 radical (unpaired) electrons. The number of aliphatic carboxylic acids is 1. The minimum absolute atomic E-state index is 0.171. The Morgan fingerprint density at radius 1 is 1.22 bits per heavy atom. The van der Waals surface area contributed by atoms with Crippen molar-refractivity contribution >= 4 is 15.8 Å². The van der Waals surface area contributed by atoms with E-state index in [9.17, 15) is 13.2 Å². The van der Waals surface area contributed by atoms with Crippen LogP contribution in [0.1, 0.15) is 20.3 Å². The summed E-state index contributed by atoms with van der Waals surface area (Å²) in [7, 11) is -2.07. The number of carbonyl (C=O) groups is 1. The van der Waals surface area contributed by atoms with Crippen LogP contribution in [-0.4, -0.2) is 57.4 Å². The molecule has 0 saturated carbocycles. The van der Waals surface area contributed by atoms with Gasteiger partial charge in [-0.3, -0.25) is 4.79 Å². The molecule has 0 aliphatic heterocycles. The Kier molecular flexibility index (Phi) is 8.13. The van der Waals surface area contributed by atoms with E-state index in [2.05, 4.69) is 0 Å². The Hall–Kier alpha value is -0.660. The Morgan fingerprint density at radius 3 is 2.28 bits per heavy atom. The summed E-state index contributed by atoms with van der Waals surface area (Å²) in [5.41, 5.74) is 0. The number of hydrogen-bond acceptors (Lipinski definition) is 5. The van der Waals surface area contributed by atoms with Gasteiger partial charge in [0.15, 0.2) is 15.1 Å². The lowest BCUT2D eigenvalue weighted by molar-refractivity contribution is -0.137. The minimum atomic E-state index is -3.62. The van der Waals surface area contributed by atoms with E-state index >= 15 is 0 Å². The quantitative estimate of drug-likeness (QED) is 0.589. The third-order valence-corrected chi connectivity index (χ3v) is 4.76. The second kappa shape index (κ2) is 8.44. The smallest absolute Gasteiger partial charge is 0.322 e. The Balaban J connectivity index is 4.17. The highest BCUT2D eigenvalue weighted by Crippen LogP contribution is 2.14. The number of ether oxygens (including phenoxy) is 2. The number of methoxy groups -OCH3 is 1. The summed E-state index contributed by atoms with van der Waals surface area (Å²) in [6.07, 6.45) is 0.294. The maximum absolute atomic E-state index is 11.8. The Labute approximate surface area is 108 Å². The van der Waals surface area contributed by atoms with Crippen molar-refractivity contribution in [3.63, 3.8) is 0 Å². The molecular weight excluding hydrogens is 260 g/mol. The summed E-state index contributed by atoms with van der Waals surface area (Å²) in [6, 6.07) is 0. The summed E-state index contributed by atoms with van der Waals surface area (Å²) in [4.78, 5) is 10.9. The molecule has 0 aliphatic carbocycles. The van der Waals surface area contributed by atoms with E-state index in [1.807, 2.05) is 0 Å². The summed E-state index contributed by atoms with van der Waals surface area (Å²) >= 11 is 0. The molecular formula is C11H22O6S. The molecule has 1 atom stereocenters. The van der Waals surface area contributed by atoms with Crippen molar-refractivity contribution < 1.29 is 27.8 Å². The zero-order valence-corrected chi connectivity index (χ0v) is 11.9. The summed E-state index contributed by atoms with van der Waals surface area (Å²) < 4.78 is 33.6. The second-order valence-corrected chi connectivity index (χ2v) is 6.57. The van der Waals surface area contributed by atoms with Crippen LogP contribution >= 0.6 is 0 Å². The summed E-state index contributed by atoms with van der Waals surface area (Å²) in [6.45, 7) is 4.32. The van der Waals surface area contributed by atoms with Gasteiger partial charge in [-0.05, 0) is 12.3 Å². The van der Waals surface area contributed by atoms with Gasteiger partial charge in [0.25, 0.3) is 0 Å². The van der Waals surface area contributed by atoms with Gasteiger partial charge in [-0.25, -0.2) is 8.42 Å². The van der Waals surface area contributed by atoms with Gasteiger partial charge in [-0.1, -0.05) is 13.8 Å². The fraction of sp³-hybridized carbons (Fsp3) is 0.909. The molecule has 0 rings (SSSR count). The predicted octanol–water partition coefficient (Wildman–Crippen LogP) is 0.564. The third kappa shape index (κ3) is 6.32. The van der Waals surface area contributed by atoms with Crippen LogP contribution in [0.5, 0.6) is 0 Å². The number of carboxylic acids is 1. The monoisotopic (exact) mass is 282 g/mol. The van der Waals surface area contributed by atoms with E-state index in [0.29, 0.717) is 19.6 Å². The molecule has 1 unspecified atom stereocenters. The van der Waals surface area contributed by atoms with Crippen LogP contribution in [0, 0.1) is 5.92 Å². The number of carboxylic acid groups (broad SMARTS) is 1. The standard InChI is InChI=1S/C11H22O6S/c1-9(2)10(11(12)13)18(14,15)8-4-5-17-7-6-16-3/h9-10H,4-8H2,1-3H3,(H,12,13). The van der Waals surface area contributed by atoms with E-state index in [-0.39, 0.29) is 12.4 Å². The van der Waals surface area contributed by atoms with Crippen molar-refractivity contribution in [3.05, 3.63) is 0 Å². The van der Waals surface area contributed by atoms with Crippen molar-refractivity contribution in [1.82, 2.24) is 0 Å². The maximum Gasteiger partial charge on any atom is 0.322 e. The molecule has 18 heavy (non-hydrogen) atoms. The lowest BCUT2D eigenvalue weighted by Crippen LogP contribution is -2.36. The van der Waals surface area contributed by atoms with Crippen LogP contribution in [0.15, 0.2) is 0 Å². The third-order valence-electron chi connectivity index (χ3n) is 2.39. The van der Waals surface area contributed by atoms with Gasteiger partial charge in [0.05, 0.1) is 19.0 Å². The predicted molar refractivity (Wildman–Crippen MR) is 67.4 cm³/mol. The first-order valence-electron chi connectivity index (χ1n) is 5.84. The van der Waals surface area contributed by atoms with Crippen molar-refractivity contribution in [3.8, 4) is 0 Å². The van der Waals surface area contributed by atoms with Gasteiger partial charge in [0, 0.05) is 13.7 Å². The molecule has 0 fully saturated rings. The SMILES string of the molecule is COCCOCCCS(=O)(=O)C(C(=O)O)C(C)C. The molecule has 0 aromatic carbocycles. The highest BCUT2D eigenvalue weighted by molar-refractivity contribution is 7.92.